The van der Waals surface area contributed by atoms with Crippen molar-refractivity contribution < 1.29 is 17.7 Å². The van der Waals surface area contributed by atoms with Crippen molar-refractivity contribution in [3.8, 4) is 0 Å². The number of carbonyl (C=O) groups is 1. The van der Waals surface area contributed by atoms with Gasteiger partial charge in [-0.25, -0.2) is 8.42 Å². The monoisotopic (exact) mass is 425 g/mol. The predicted molar refractivity (Wildman–Crippen MR) is 104 cm³/mol. The lowest BCUT2D eigenvalue weighted by Gasteiger charge is -2.11. The number of sulfonamides is 1. The van der Waals surface area contributed by atoms with Gasteiger partial charge in [0.05, 0.1) is 16.1 Å². The highest BCUT2D eigenvalue weighted by Crippen LogP contribution is 2.27. The fourth-order valence-electron chi connectivity index (χ4n) is 2.28. The maximum absolute atomic E-state index is 12.3. The van der Waals surface area contributed by atoms with Crippen LogP contribution < -0.4 is 10.0 Å². The molecule has 0 saturated heterocycles. The average Bonchev–Trinajstić information content (AvgIpc) is 3.24. The minimum absolute atomic E-state index is 0.116. The number of aromatic nitrogens is 1. The summed E-state index contributed by atoms with van der Waals surface area (Å²) in [5.41, 5.74) is 1.46. The van der Waals surface area contributed by atoms with Crippen molar-refractivity contribution in [1.29, 1.82) is 0 Å². The van der Waals surface area contributed by atoms with Crippen molar-refractivity contribution in [3.05, 3.63) is 63.8 Å². The molecule has 0 bridgehead atoms. The van der Waals surface area contributed by atoms with Crippen LogP contribution in [0.15, 0.2) is 51.2 Å². The highest BCUT2D eigenvalue weighted by molar-refractivity contribution is 7.94. The van der Waals surface area contributed by atoms with Gasteiger partial charge < -0.3 is 9.84 Å². The lowest BCUT2D eigenvalue weighted by molar-refractivity contribution is 0.0934. The van der Waals surface area contributed by atoms with Gasteiger partial charge in [-0.1, -0.05) is 16.8 Å². The van der Waals surface area contributed by atoms with E-state index < -0.39 is 10.0 Å². The van der Waals surface area contributed by atoms with Crippen LogP contribution in [0.2, 0.25) is 4.34 Å². The Hall–Kier alpha value is -2.36. The minimum Gasteiger partial charge on any atom is -0.359 e. The second-order valence-corrected chi connectivity index (χ2v) is 9.43. The van der Waals surface area contributed by atoms with Crippen molar-refractivity contribution in [2.45, 2.75) is 24.1 Å². The first-order valence-corrected chi connectivity index (χ1v) is 10.5. The normalized spacial score (nSPS) is 12.6. The molecule has 0 radical (unpaired) electrons. The molecule has 1 unspecified atom stereocenters. The summed E-state index contributed by atoms with van der Waals surface area (Å²) in [7, 11) is -3.71. The summed E-state index contributed by atoms with van der Waals surface area (Å²) in [6.45, 7) is 3.58. The summed E-state index contributed by atoms with van der Waals surface area (Å²) in [4.78, 5) is 12.3. The summed E-state index contributed by atoms with van der Waals surface area (Å²) >= 11 is 6.75. The van der Waals surface area contributed by atoms with Crippen LogP contribution in [0.5, 0.6) is 0 Å². The van der Waals surface area contributed by atoms with Crippen molar-refractivity contribution in [1.82, 2.24) is 10.5 Å². The number of anilines is 1. The summed E-state index contributed by atoms with van der Waals surface area (Å²) in [5.74, 6) is 0.246. The Morgan fingerprint density at radius 2 is 1.93 bits per heavy atom. The van der Waals surface area contributed by atoms with Crippen molar-refractivity contribution in [2.24, 2.45) is 0 Å². The first kappa shape index (κ1) is 19.4. The molecule has 0 aliphatic carbocycles. The number of amides is 1. The van der Waals surface area contributed by atoms with Gasteiger partial charge in [-0.3, -0.25) is 9.52 Å². The zero-order valence-electron chi connectivity index (χ0n) is 14.4. The Labute approximate surface area is 165 Å². The van der Waals surface area contributed by atoms with E-state index >= 15 is 0 Å². The summed E-state index contributed by atoms with van der Waals surface area (Å²) in [6.07, 6.45) is 0. The summed E-state index contributed by atoms with van der Waals surface area (Å²) in [6, 6.07) is 10.5. The molecule has 7 nitrogen and oxygen atoms in total. The fourth-order valence-corrected chi connectivity index (χ4v) is 4.82. The molecule has 10 heteroatoms. The van der Waals surface area contributed by atoms with Gasteiger partial charge in [-0.05, 0) is 50.2 Å². The molecule has 2 heterocycles. The first-order chi connectivity index (χ1) is 12.7. The molecular weight excluding hydrogens is 410 g/mol. The summed E-state index contributed by atoms with van der Waals surface area (Å²) in [5, 5.41) is 6.59. The molecule has 1 atom stereocenters. The molecule has 0 aliphatic rings. The number of thiophene rings is 1. The van der Waals surface area contributed by atoms with Gasteiger partial charge in [0.1, 0.15) is 4.21 Å². The van der Waals surface area contributed by atoms with Crippen LogP contribution >= 0.6 is 22.9 Å². The molecular formula is C17H16ClN3O4S2. The Bertz CT molecular complexity index is 1060. The third-order valence-corrected chi connectivity index (χ3v) is 6.74. The molecule has 27 heavy (non-hydrogen) atoms. The smallest absolute Gasteiger partial charge is 0.271 e. The van der Waals surface area contributed by atoms with Crippen LogP contribution in [0.3, 0.4) is 0 Å². The van der Waals surface area contributed by atoms with Crippen molar-refractivity contribution in [2.75, 3.05) is 4.72 Å². The number of benzene rings is 1. The van der Waals surface area contributed by atoms with Crippen molar-refractivity contribution >= 4 is 44.6 Å². The molecule has 0 fully saturated rings. The van der Waals surface area contributed by atoms with E-state index in [1.54, 1.807) is 19.9 Å². The van der Waals surface area contributed by atoms with E-state index in [1.165, 1.54) is 36.4 Å². The Balaban J connectivity index is 1.67. The molecule has 2 aromatic heterocycles. The Morgan fingerprint density at radius 1 is 1.22 bits per heavy atom. The lowest BCUT2D eigenvalue weighted by atomic mass is 10.1. The van der Waals surface area contributed by atoms with Gasteiger partial charge in [0.25, 0.3) is 15.9 Å². The zero-order valence-corrected chi connectivity index (χ0v) is 16.8. The second-order valence-electron chi connectivity index (χ2n) is 5.81. The van der Waals surface area contributed by atoms with E-state index in [9.17, 15) is 13.2 Å². The number of rotatable bonds is 6. The number of hydrogen-bond acceptors (Lipinski definition) is 6. The van der Waals surface area contributed by atoms with E-state index in [4.69, 9.17) is 16.1 Å². The molecule has 2 N–H and O–H groups in total. The minimum atomic E-state index is -3.71. The summed E-state index contributed by atoms with van der Waals surface area (Å²) < 4.78 is 32.7. The highest BCUT2D eigenvalue weighted by atomic mass is 35.5. The zero-order chi connectivity index (χ0) is 19.6. The molecule has 1 amide bonds. The van der Waals surface area contributed by atoms with Crippen LogP contribution in [-0.4, -0.2) is 19.5 Å². The van der Waals surface area contributed by atoms with E-state index in [1.807, 2.05) is 0 Å². The van der Waals surface area contributed by atoms with Gasteiger partial charge >= 0.3 is 0 Å². The Kier molecular flexibility index (Phi) is 5.54. The molecule has 0 aliphatic heterocycles. The number of hydrogen-bond donors (Lipinski definition) is 2. The fraction of sp³-hybridized carbons (Fsp3) is 0.176. The van der Waals surface area contributed by atoms with Gasteiger partial charge in [-0.15, -0.1) is 11.3 Å². The topological polar surface area (TPSA) is 101 Å². The van der Waals surface area contributed by atoms with Crippen molar-refractivity contribution in [3.63, 3.8) is 0 Å². The third kappa shape index (κ3) is 4.68. The van der Waals surface area contributed by atoms with Gasteiger partial charge in [0.2, 0.25) is 0 Å². The standard InChI is InChI=1S/C17H16ClN3O4S2/c1-10-9-14(25-20-10)11(2)19-17(22)12-3-5-13(6-4-12)21-27(23,24)16-8-7-15(18)26-16/h3-9,11,21H,1-2H3,(H,19,22). The van der Waals surface area contributed by atoms with Gasteiger partial charge in [0, 0.05) is 17.3 Å². The van der Waals surface area contributed by atoms with Crippen LogP contribution in [0.25, 0.3) is 0 Å². The third-order valence-electron chi connectivity index (χ3n) is 3.63. The average molecular weight is 426 g/mol. The van der Waals surface area contributed by atoms with E-state index in [-0.39, 0.29) is 16.2 Å². The lowest BCUT2D eigenvalue weighted by Crippen LogP contribution is -2.26. The molecule has 1 aromatic carbocycles. The largest absolute Gasteiger partial charge is 0.359 e. The number of carbonyl (C=O) groups excluding carboxylic acids is 1. The van der Waals surface area contributed by atoms with E-state index in [2.05, 4.69) is 15.2 Å². The molecule has 0 saturated carbocycles. The second kappa shape index (κ2) is 7.71. The van der Waals surface area contributed by atoms with E-state index in [0.717, 1.165) is 17.0 Å². The first-order valence-electron chi connectivity index (χ1n) is 7.87. The molecule has 0 spiro atoms. The van der Waals surface area contributed by atoms with Crippen LogP contribution in [-0.2, 0) is 10.0 Å². The number of nitrogens with zero attached hydrogens (tertiary/aromatic N) is 1. The number of halogens is 1. The predicted octanol–water partition coefficient (Wildman–Crippen LogP) is 3.99. The molecule has 3 rings (SSSR count). The van der Waals surface area contributed by atoms with Gasteiger partial charge in [0.15, 0.2) is 5.76 Å². The molecule has 142 valence electrons. The molecule has 3 aromatic rings. The van der Waals surface area contributed by atoms with Gasteiger partial charge in [-0.2, -0.15) is 0 Å². The maximum Gasteiger partial charge on any atom is 0.271 e. The quantitative estimate of drug-likeness (QED) is 0.621. The highest BCUT2D eigenvalue weighted by Gasteiger charge is 2.18. The van der Waals surface area contributed by atoms with E-state index in [0.29, 0.717) is 21.3 Å². The van der Waals surface area contributed by atoms with Crippen LogP contribution in [0, 0.1) is 6.92 Å². The maximum atomic E-state index is 12.3. The van der Waals surface area contributed by atoms with Crippen LogP contribution in [0.4, 0.5) is 5.69 Å². The SMILES string of the molecule is Cc1cc(C(C)NC(=O)c2ccc(NS(=O)(=O)c3ccc(Cl)s3)cc2)on1. The van der Waals surface area contributed by atoms with Crippen LogP contribution in [0.1, 0.15) is 34.8 Å². The number of nitrogens with one attached hydrogen (secondary N) is 2. The number of aryl methyl sites for hydroxylation is 1. The Morgan fingerprint density at radius 3 is 2.48 bits per heavy atom.